The van der Waals surface area contributed by atoms with Gasteiger partial charge in [-0.05, 0) is 42.5 Å². The van der Waals surface area contributed by atoms with Crippen LogP contribution in [-0.2, 0) is 4.79 Å². The van der Waals surface area contributed by atoms with Crippen molar-refractivity contribution in [1.29, 1.82) is 0 Å². The van der Waals surface area contributed by atoms with Gasteiger partial charge in [-0.1, -0.05) is 46.2 Å². The Morgan fingerprint density at radius 3 is 2.48 bits per heavy atom. The number of hydrogen-bond acceptors (Lipinski definition) is 2. The van der Waals surface area contributed by atoms with Crippen LogP contribution in [0, 0.1) is 11.8 Å². The highest BCUT2D eigenvalue weighted by molar-refractivity contribution is 5.81. The first-order chi connectivity index (χ1) is 13.0. The highest BCUT2D eigenvalue weighted by Gasteiger charge is 2.28. The first-order valence-corrected chi connectivity index (χ1v) is 9.87. The van der Waals surface area contributed by atoms with E-state index in [9.17, 15) is 4.79 Å². The smallest absolute Gasteiger partial charge is 0.243 e. The summed E-state index contributed by atoms with van der Waals surface area (Å²) in [6, 6.07) is 11.6. The zero-order valence-electron chi connectivity index (χ0n) is 16.6. The van der Waals surface area contributed by atoms with Crippen molar-refractivity contribution in [2.45, 2.75) is 52.6 Å². The molecule has 1 aromatic carbocycles. The third-order valence-corrected chi connectivity index (χ3v) is 5.20. The number of carbonyl (C=O) groups excluding carboxylic acids is 1. The van der Waals surface area contributed by atoms with Gasteiger partial charge < -0.3 is 14.9 Å². The van der Waals surface area contributed by atoms with E-state index in [0.717, 1.165) is 29.7 Å². The molecule has 0 aliphatic carbocycles. The zero-order valence-corrected chi connectivity index (χ0v) is 16.6. The van der Waals surface area contributed by atoms with Crippen molar-refractivity contribution >= 4 is 16.9 Å². The standard InChI is InChI=1S/C22H30N4O/c1-5-16(4)20(21-23-17-10-6-7-11-18(17)24-21)25-22(27)19(14-15(2)3)26-12-8-9-13-26/h6-13,15-16,19-20H,5,14H2,1-4H3,(H,23,24)(H,25,27). The fourth-order valence-electron chi connectivity index (χ4n) is 3.45. The number of imidazole rings is 1. The average molecular weight is 367 g/mol. The van der Waals surface area contributed by atoms with Crippen LogP contribution < -0.4 is 5.32 Å². The lowest BCUT2D eigenvalue weighted by atomic mass is 9.97. The van der Waals surface area contributed by atoms with Crippen molar-refractivity contribution in [2.75, 3.05) is 0 Å². The number of amides is 1. The summed E-state index contributed by atoms with van der Waals surface area (Å²) in [5.74, 6) is 1.58. The summed E-state index contributed by atoms with van der Waals surface area (Å²) in [4.78, 5) is 21.4. The molecule has 0 bridgehead atoms. The molecule has 0 saturated carbocycles. The first-order valence-electron chi connectivity index (χ1n) is 9.87. The largest absolute Gasteiger partial charge is 0.344 e. The molecule has 0 radical (unpaired) electrons. The highest BCUT2D eigenvalue weighted by atomic mass is 16.2. The van der Waals surface area contributed by atoms with Crippen LogP contribution in [0.3, 0.4) is 0 Å². The molecule has 0 aliphatic rings. The number of benzene rings is 1. The number of aromatic amines is 1. The van der Waals surface area contributed by atoms with E-state index in [1.807, 2.05) is 53.4 Å². The van der Waals surface area contributed by atoms with Crippen LogP contribution in [0.25, 0.3) is 11.0 Å². The number of carbonyl (C=O) groups is 1. The van der Waals surface area contributed by atoms with Gasteiger partial charge in [0.1, 0.15) is 11.9 Å². The third kappa shape index (κ3) is 4.41. The Labute approximate surface area is 161 Å². The minimum absolute atomic E-state index is 0.0469. The number of fused-ring (bicyclic) bond motifs is 1. The minimum Gasteiger partial charge on any atom is -0.344 e. The van der Waals surface area contributed by atoms with E-state index in [0.29, 0.717) is 5.92 Å². The maximum Gasteiger partial charge on any atom is 0.243 e. The fourth-order valence-corrected chi connectivity index (χ4v) is 3.45. The number of hydrogen-bond donors (Lipinski definition) is 2. The summed E-state index contributed by atoms with van der Waals surface area (Å²) in [6.45, 7) is 8.60. The Hall–Kier alpha value is -2.56. The molecule has 0 saturated heterocycles. The summed E-state index contributed by atoms with van der Waals surface area (Å²) >= 11 is 0. The number of para-hydroxylation sites is 2. The lowest BCUT2D eigenvalue weighted by Crippen LogP contribution is -2.38. The Balaban J connectivity index is 1.87. The Kier molecular flexibility index (Phi) is 5.99. The monoisotopic (exact) mass is 366 g/mol. The van der Waals surface area contributed by atoms with E-state index in [-0.39, 0.29) is 23.9 Å². The van der Waals surface area contributed by atoms with Gasteiger partial charge in [-0.3, -0.25) is 4.79 Å². The van der Waals surface area contributed by atoms with Crippen LogP contribution in [0.15, 0.2) is 48.8 Å². The maximum absolute atomic E-state index is 13.2. The van der Waals surface area contributed by atoms with Crippen LogP contribution in [-0.4, -0.2) is 20.4 Å². The molecule has 2 aromatic heterocycles. The van der Waals surface area contributed by atoms with Crippen LogP contribution in [0.4, 0.5) is 0 Å². The third-order valence-electron chi connectivity index (χ3n) is 5.20. The molecule has 5 nitrogen and oxygen atoms in total. The van der Waals surface area contributed by atoms with Gasteiger partial charge in [0.25, 0.3) is 0 Å². The number of H-pyrrole nitrogens is 1. The summed E-state index contributed by atoms with van der Waals surface area (Å²) in [5, 5.41) is 3.29. The van der Waals surface area contributed by atoms with Gasteiger partial charge in [0.15, 0.2) is 0 Å². The normalized spacial score (nSPS) is 15.0. The van der Waals surface area contributed by atoms with Gasteiger partial charge in [-0.15, -0.1) is 0 Å². The van der Waals surface area contributed by atoms with Crippen molar-refractivity contribution in [3.8, 4) is 0 Å². The summed E-state index contributed by atoms with van der Waals surface area (Å²) in [6.07, 6.45) is 5.69. The number of nitrogens with zero attached hydrogens (tertiary/aromatic N) is 2. The molecular formula is C22H30N4O. The highest BCUT2D eigenvalue weighted by Crippen LogP contribution is 2.26. The SMILES string of the molecule is CCC(C)C(NC(=O)C(CC(C)C)n1cccc1)c1nc2ccccc2[nH]1. The molecule has 144 valence electrons. The molecule has 1 amide bonds. The van der Waals surface area contributed by atoms with Gasteiger partial charge in [0.05, 0.1) is 17.1 Å². The van der Waals surface area contributed by atoms with Crippen molar-refractivity contribution in [3.05, 3.63) is 54.6 Å². The number of rotatable bonds is 8. The topological polar surface area (TPSA) is 62.7 Å². The van der Waals surface area contributed by atoms with E-state index < -0.39 is 0 Å². The van der Waals surface area contributed by atoms with Crippen LogP contribution in [0.1, 0.15) is 58.4 Å². The van der Waals surface area contributed by atoms with E-state index >= 15 is 0 Å². The molecule has 2 heterocycles. The number of aromatic nitrogens is 3. The average Bonchev–Trinajstić information content (AvgIpc) is 3.32. The molecule has 0 spiro atoms. The second kappa shape index (κ2) is 8.42. The Morgan fingerprint density at radius 1 is 1.15 bits per heavy atom. The second-order valence-electron chi connectivity index (χ2n) is 7.79. The minimum atomic E-state index is -0.212. The van der Waals surface area contributed by atoms with Crippen LogP contribution in [0.2, 0.25) is 0 Å². The molecular weight excluding hydrogens is 336 g/mol. The van der Waals surface area contributed by atoms with Crippen molar-refractivity contribution in [1.82, 2.24) is 19.9 Å². The van der Waals surface area contributed by atoms with E-state index in [1.165, 1.54) is 0 Å². The zero-order chi connectivity index (χ0) is 19.4. The molecule has 0 aliphatic heterocycles. The van der Waals surface area contributed by atoms with Crippen molar-refractivity contribution in [3.63, 3.8) is 0 Å². The summed E-state index contributed by atoms with van der Waals surface area (Å²) in [7, 11) is 0. The van der Waals surface area contributed by atoms with Gasteiger partial charge >= 0.3 is 0 Å². The fraction of sp³-hybridized carbons (Fsp3) is 0.455. The van der Waals surface area contributed by atoms with Gasteiger partial charge in [-0.25, -0.2) is 4.98 Å². The van der Waals surface area contributed by atoms with Gasteiger partial charge in [0, 0.05) is 12.4 Å². The van der Waals surface area contributed by atoms with Crippen molar-refractivity contribution in [2.24, 2.45) is 11.8 Å². The predicted molar refractivity (Wildman–Crippen MR) is 109 cm³/mol. The Bertz CT molecular complexity index is 832. The van der Waals surface area contributed by atoms with Gasteiger partial charge in [0.2, 0.25) is 5.91 Å². The van der Waals surface area contributed by atoms with E-state index in [2.05, 4.69) is 38.0 Å². The van der Waals surface area contributed by atoms with Gasteiger partial charge in [-0.2, -0.15) is 0 Å². The molecule has 3 aromatic rings. The van der Waals surface area contributed by atoms with Crippen LogP contribution >= 0.6 is 0 Å². The molecule has 0 fully saturated rings. The maximum atomic E-state index is 13.2. The lowest BCUT2D eigenvalue weighted by molar-refractivity contribution is -0.126. The molecule has 2 N–H and O–H groups in total. The van der Waals surface area contributed by atoms with E-state index in [4.69, 9.17) is 4.98 Å². The molecule has 3 atom stereocenters. The quantitative estimate of drug-likeness (QED) is 0.598. The van der Waals surface area contributed by atoms with Crippen molar-refractivity contribution < 1.29 is 4.79 Å². The second-order valence-corrected chi connectivity index (χ2v) is 7.79. The molecule has 27 heavy (non-hydrogen) atoms. The lowest BCUT2D eigenvalue weighted by Gasteiger charge is -2.27. The predicted octanol–water partition coefficient (Wildman–Crippen LogP) is 4.86. The molecule has 5 heteroatoms. The number of nitrogens with one attached hydrogen (secondary N) is 2. The van der Waals surface area contributed by atoms with Crippen LogP contribution in [0.5, 0.6) is 0 Å². The molecule has 3 unspecified atom stereocenters. The van der Waals surface area contributed by atoms with E-state index in [1.54, 1.807) is 0 Å². The summed E-state index contributed by atoms with van der Waals surface area (Å²) < 4.78 is 2.00. The first kappa shape index (κ1) is 19.2. The Morgan fingerprint density at radius 2 is 1.85 bits per heavy atom. The summed E-state index contributed by atoms with van der Waals surface area (Å²) in [5.41, 5.74) is 1.93. The molecule has 3 rings (SSSR count).